The van der Waals surface area contributed by atoms with Crippen LogP contribution < -0.4 is 14.8 Å². The molecular formula is C22H17BrN2O3. The second kappa shape index (κ2) is 8.59. The normalized spacial score (nSPS) is 11.0. The molecule has 1 N–H and O–H groups in total. The van der Waals surface area contributed by atoms with Gasteiger partial charge >= 0.3 is 0 Å². The fourth-order valence-corrected chi connectivity index (χ4v) is 3.04. The van der Waals surface area contributed by atoms with E-state index in [1.165, 1.54) is 6.08 Å². The van der Waals surface area contributed by atoms with Gasteiger partial charge in [0.25, 0.3) is 5.91 Å². The monoisotopic (exact) mass is 436 g/mol. The molecule has 28 heavy (non-hydrogen) atoms. The van der Waals surface area contributed by atoms with Crippen molar-refractivity contribution in [3.05, 3.63) is 70.2 Å². The summed E-state index contributed by atoms with van der Waals surface area (Å²) >= 11 is 3.35. The summed E-state index contributed by atoms with van der Waals surface area (Å²) in [5.74, 6) is 0.741. The number of rotatable bonds is 5. The first-order chi connectivity index (χ1) is 13.5. The number of nitrogens with one attached hydrogen (secondary N) is 1. The van der Waals surface area contributed by atoms with Gasteiger partial charge in [0.15, 0.2) is 0 Å². The maximum Gasteiger partial charge on any atom is 0.266 e. The van der Waals surface area contributed by atoms with Crippen LogP contribution in [0.3, 0.4) is 0 Å². The van der Waals surface area contributed by atoms with Gasteiger partial charge in [-0.1, -0.05) is 28.1 Å². The number of hydrogen-bond donors (Lipinski definition) is 1. The number of fused-ring (bicyclic) bond motifs is 1. The van der Waals surface area contributed by atoms with Crippen molar-refractivity contribution in [2.45, 2.75) is 0 Å². The summed E-state index contributed by atoms with van der Waals surface area (Å²) in [5, 5.41) is 14.1. The van der Waals surface area contributed by atoms with Crippen molar-refractivity contribution in [2.24, 2.45) is 0 Å². The number of ether oxygens (including phenoxy) is 2. The van der Waals surface area contributed by atoms with Gasteiger partial charge < -0.3 is 14.8 Å². The smallest absolute Gasteiger partial charge is 0.266 e. The van der Waals surface area contributed by atoms with E-state index in [-0.39, 0.29) is 5.57 Å². The lowest BCUT2D eigenvalue weighted by Gasteiger charge is -2.11. The van der Waals surface area contributed by atoms with Gasteiger partial charge in [-0.05, 0) is 59.3 Å². The van der Waals surface area contributed by atoms with Crippen LogP contribution in [0.1, 0.15) is 5.56 Å². The van der Waals surface area contributed by atoms with E-state index in [2.05, 4.69) is 21.2 Å². The van der Waals surface area contributed by atoms with E-state index in [0.717, 1.165) is 15.2 Å². The van der Waals surface area contributed by atoms with E-state index in [1.807, 2.05) is 48.5 Å². The highest BCUT2D eigenvalue weighted by atomic mass is 79.9. The largest absolute Gasteiger partial charge is 0.497 e. The van der Waals surface area contributed by atoms with Gasteiger partial charge in [0.05, 0.1) is 14.2 Å². The number of amides is 1. The highest BCUT2D eigenvalue weighted by Gasteiger charge is 2.14. The number of hydrogen-bond acceptors (Lipinski definition) is 4. The Balaban J connectivity index is 2.05. The third-order valence-corrected chi connectivity index (χ3v) is 4.73. The first-order valence-electron chi connectivity index (χ1n) is 8.39. The van der Waals surface area contributed by atoms with Gasteiger partial charge in [0, 0.05) is 15.7 Å². The molecule has 1 amide bonds. The molecule has 0 heterocycles. The minimum atomic E-state index is -0.494. The van der Waals surface area contributed by atoms with Gasteiger partial charge in [-0.2, -0.15) is 5.26 Å². The SMILES string of the molecule is COc1ccc2ccc(OC)c(/C=C(\C#N)C(=O)Nc3ccc(Br)cc3)c2c1. The van der Waals surface area contributed by atoms with Crippen molar-refractivity contribution in [1.29, 1.82) is 5.26 Å². The Bertz CT molecular complexity index is 1090. The summed E-state index contributed by atoms with van der Waals surface area (Å²) < 4.78 is 11.7. The Hall–Kier alpha value is -3.30. The van der Waals surface area contributed by atoms with Crippen LogP contribution in [0.2, 0.25) is 0 Å². The Labute approximate surface area is 171 Å². The highest BCUT2D eigenvalue weighted by Crippen LogP contribution is 2.32. The number of halogens is 1. The zero-order chi connectivity index (χ0) is 20.1. The van der Waals surface area contributed by atoms with Crippen LogP contribution in [0.25, 0.3) is 16.8 Å². The number of carbonyl (C=O) groups is 1. The zero-order valence-corrected chi connectivity index (χ0v) is 16.9. The standard InChI is InChI=1S/C22H17BrN2O3/c1-27-18-9-3-14-4-10-21(28-2)20(19(14)12-18)11-15(13-24)22(26)25-17-7-5-16(23)6-8-17/h3-12H,1-2H3,(H,25,26)/b15-11+. The van der Waals surface area contributed by atoms with Crippen LogP contribution in [0, 0.1) is 11.3 Å². The molecule has 3 rings (SSSR count). The molecule has 0 atom stereocenters. The molecule has 0 unspecified atom stereocenters. The zero-order valence-electron chi connectivity index (χ0n) is 15.3. The molecular weight excluding hydrogens is 420 g/mol. The minimum absolute atomic E-state index is 0.0310. The number of nitriles is 1. The Morgan fingerprint density at radius 3 is 2.43 bits per heavy atom. The van der Waals surface area contributed by atoms with E-state index in [9.17, 15) is 10.1 Å². The number of anilines is 1. The molecule has 0 aliphatic heterocycles. The summed E-state index contributed by atoms with van der Waals surface area (Å²) in [4.78, 5) is 12.6. The lowest BCUT2D eigenvalue weighted by atomic mass is 10.0. The van der Waals surface area contributed by atoms with Gasteiger partial charge in [-0.3, -0.25) is 4.79 Å². The van der Waals surface area contributed by atoms with Crippen molar-refractivity contribution < 1.29 is 14.3 Å². The van der Waals surface area contributed by atoms with Crippen LogP contribution >= 0.6 is 15.9 Å². The fraction of sp³-hybridized carbons (Fsp3) is 0.0909. The average Bonchev–Trinajstić information content (AvgIpc) is 2.72. The molecule has 0 saturated heterocycles. The number of benzene rings is 3. The average molecular weight is 437 g/mol. The Morgan fingerprint density at radius 1 is 1.07 bits per heavy atom. The second-order valence-electron chi connectivity index (χ2n) is 5.90. The maximum absolute atomic E-state index is 12.6. The predicted octanol–water partition coefficient (Wildman–Crippen LogP) is 5.17. The highest BCUT2D eigenvalue weighted by molar-refractivity contribution is 9.10. The molecule has 0 aliphatic rings. The molecule has 0 bridgehead atoms. The molecule has 0 spiro atoms. The molecule has 6 heteroatoms. The van der Waals surface area contributed by atoms with Crippen LogP contribution in [-0.4, -0.2) is 20.1 Å². The Kier molecular flexibility index (Phi) is 5.97. The summed E-state index contributed by atoms with van der Waals surface area (Å²) in [5.41, 5.74) is 1.21. The van der Waals surface area contributed by atoms with Gasteiger partial charge in [0.1, 0.15) is 23.1 Å². The van der Waals surface area contributed by atoms with Crippen LogP contribution in [-0.2, 0) is 4.79 Å². The quantitative estimate of drug-likeness (QED) is 0.442. The number of methoxy groups -OCH3 is 2. The third-order valence-electron chi connectivity index (χ3n) is 4.21. The maximum atomic E-state index is 12.6. The van der Waals surface area contributed by atoms with Crippen molar-refractivity contribution in [3.8, 4) is 17.6 Å². The number of nitrogens with zero attached hydrogens (tertiary/aromatic N) is 1. The predicted molar refractivity (Wildman–Crippen MR) is 113 cm³/mol. The van der Waals surface area contributed by atoms with Crippen LogP contribution in [0.15, 0.2) is 64.6 Å². The van der Waals surface area contributed by atoms with Crippen molar-refractivity contribution in [3.63, 3.8) is 0 Å². The summed E-state index contributed by atoms with van der Waals surface area (Å²) in [6, 6.07) is 18.4. The van der Waals surface area contributed by atoms with E-state index in [1.54, 1.807) is 26.4 Å². The van der Waals surface area contributed by atoms with E-state index in [4.69, 9.17) is 9.47 Å². The molecule has 3 aromatic carbocycles. The second-order valence-corrected chi connectivity index (χ2v) is 6.82. The van der Waals surface area contributed by atoms with Crippen molar-refractivity contribution >= 4 is 44.4 Å². The van der Waals surface area contributed by atoms with Crippen molar-refractivity contribution in [2.75, 3.05) is 19.5 Å². The third kappa shape index (κ3) is 4.16. The van der Waals surface area contributed by atoms with E-state index < -0.39 is 5.91 Å². The molecule has 0 aromatic heterocycles. The van der Waals surface area contributed by atoms with Gasteiger partial charge in [-0.25, -0.2) is 0 Å². The van der Waals surface area contributed by atoms with Gasteiger partial charge in [0.2, 0.25) is 0 Å². The van der Waals surface area contributed by atoms with Gasteiger partial charge in [-0.15, -0.1) is 0 Å². The first-order valence-corrected chi connectivity index (χ1v) is 9.18. The Morgan fingerprint density at radius 2 is 1.79 bits per heavy atom. The fourth-order valence-electron chi connectivity index (χ4n) is 2.78. The van der Waals surface area contributed by atoms with Crippen molar-refractivity contribution in [1.82, 2.24) is 0 Å². The molecule has 3 aromatic rings. The summed E-state index contributed by atoms with van der Waals surface area (Å²) in [7, 11) is 3.13. The minimum Gasteiger partial charge on any atom is -0.497 e. The molecule has 0 aliphatic carbocycles. The topological polar surface area (TPSA) is 71.3 Å². The molecule has 140 valence electrons. The van der Waals surface area contributed by atoms with E-state index >= 15 is 0 Å². The molecule has 0 saturated carbocycles. The van der Waals surface area contributed by atoms with Crippen LogP contribution in [0.5, 0.6) is 11.5 Å². The summed E-state index contributed by atoms with van der Waals surface area (Å²) in [6.07, 6.45) is 1.54. The molecule has 0 fully saturated rings. The van der Waals surface area contributed by atoms with E-state index in [0.29, 0.717) is 22.7 Å². The lowest BCUT2D eigenvalue weighted by Crippen LogP contribution is -2.13. The van der Waals surface area contributed by atoms with Crippen LogP contribution in [0.4, 0.5) is 5.69 Å². The molecule has 5 nitrogen and oxygen atoms in total. The molecule has 0 radical (unpaired) electrons. The lowest BCUT2D eigenvalue weighted by molar-refractivity contribution is -0.112. The first kappa shape index (κ1) is 19.5. The summed E-state index contributed by atoms with van der Waals surface area (Å²) in [6.45, 7) is 0. The number of carbonyl (C=O) groups excluding carboxylic acids is 1.